The molecule has 0 radical (unpaired) electrons. The van der Waals surface area contributed by atoms with Crippen LogP contribution in [0.3, 0.4) is 0 Å². The molecule has 0 bridgehead atoms. The maximum atomic E-state index is 10.9. The zero-order chi connectivity index (χ0) is 17.0. The van der Waals surface area contributed by atoms with Crippen molar-refractivity contribution in [2.75, 3.05) is 0 Å². The van der Waals surface area contributed by atoms with E-state index >= 15 is 0 Å². The van der Waals surface area contributed by atoms with Crippen molar-refractivity contribution in [3.05, 3.63) is 63.2 Å². The van der Waals surface area contributed by atoms with Gasteiger partial charge in [-0.2, -0.15) is 0 Å². The van der Waals surface area contributed by atoms with Crippen LogP contribution in [0.1, 0.15) is 0 Å². The average molecular weight is 370 g/mol. The molecule has 0 aliphatic rings. The SMILES string of the molecule is NN/C(C(=O)O)=C(\N)Sc1ccc(-c2ccc(Cl)c(Cl)c2)cc1. The lowest BCUT2D eigenvalue weighted by atomic mass is 10.1. The van der Waals surface area contributed by atoms with Crippen LogP contribution in [0, 0.1) is 0 Å². The van der Waals surface area contributed by atoms with Gasteiger partial charge in [0.2, 0.25) is 0 Å². The normalized spacial score (nSPS) is 11.8. The Kier molecular flexibility index (Phi) is 5.79. The summed E-state index contributed by atoms with van der Waals surface area (Å²) in [4.78, 5) is 11.7. The molecule has 0 unspecified atom stereocenters. The Balaban J connectivity index is 2.22. The van der Waals surface area contributed by atoms with E-state index in [9.17, 15) is 4.79 Å². The quantitative estimate of drug-likeness (QED) is 0.278. The number of hydrazine groups is 1. The van der Waals surface area contributed by atoms with E-state index < -0.39 is 5.97 Å². The average Bonchev–Trinajstić information content (AvgIpc) is 2.51. The van der Waals surface area contributed by atoms with Crippen molar-refractivity contribution >= 4 is 40.9 Å². The van der Waals surface area contributed by atoms with Crippen LogP contribution in [0.4, 0.5) is 0 Å². The summed E-state index contributed by atoms with van der Waals surface area (Å²) < 4.78 is 0. The Morgan fingerprint density at radius 2 is 1.65 bits per heavy atom. The number of hydrogen-bond acceptors (Lipinski definition) is 5. The maximum Gasteiger partial charge on any atom is 0.356 e. The molecule has 6 N–H and O–H groups in total. The molecule has 5 nitrogen and oxygen atoms in total. The molecule has 23 heavy (non-hydrogen) atoms. The molecule has 0 atom stereocenters. The van der Waals surface area contributed by atoms with E-state index in [-0.39, 0.29) is 10.7 Å². The molecule has 120 valence electrons. The van der Waals surface area contributed by atoms with E-state index in [0.717, 1.165) is 27.8 Å². The van der Waals surface area contributed by atoms with Gasteiger partial charge in [-0.3, -0.25) is 5.84 Å². The minimum atomic E-state index is -1.22. The lowest BCUT2D eigenvalue weighted by molar-refractivity contribution is -0.133. The number of carboxylic acids is 1. The van der Waals surface area contributed by atoms with Crippen LogP contribution in [-0.2, 0) is 4.79 Å². The zero-order valence-electron chi connectivity index (χ0n) is 11.7. The third-order valence-electron chi connectivity index (χ3n) is 2.94. The van der Waals surface area contributed by atoms with Gasteiger partial charge in [0, 0.05) is 4.90 Å². The molecule has 0 spiro atoms. The van der Waals surface area contributed by atoms with E-state index in [1.54, 1.807) is 12.1 Å². The highest BCUT2D eigenvalue weighted by Gasteiger charge is 2.12. The highest BCUT2D eigenvalue weighted by Crippen LogP contribution is 2.31. The monoisotopic (exact) mass is 369 g/mol. The van der Waals surface area contributed by atoms with Crippen LogP contribution in [0.25, 0.3) is 11.1 Å². The number of carbonyl (C=O) groups is 1. The van der Waals surface area contributed by atoms with Gasteiger partial charge in [-0.15, -0.1) is 0 Å². The minimum Gasteiger partial charge on any atom is -0.476 e. The number of halogens is 2. The number of nitrogens with two attached hydrogens (primary N) is 2. The lowest BCUT2D eigenvalue weighted by Crippen LogP contribution is -2.29. The molecule has 0 saturated carbocycles. The second-order valence-corrected chi connectivity index (χ2v) is 6.37. The summed E-state index contributed by atoms with van der Waals surface area (Å²) in [5, 5.41) is 10.00. The number of benzene rings is 2. The first-order valence-electron chi connectivity index (χ1n) is 6.35. The number of hydrogen-bond donors (Lipinski definition) is 4. The number of aliphatic carboxylic acids is 1. The Hall–Kier alpha value is -1.86. The summed E-state index contributed by atoms with van der Waals surface area (Å²) in [5.74, 6) is 3.93. The van der Waals surface area contributed by atoms with E-state index in [2.05, 4.69) is 5.43 Å². The summed E-state index contributed by atoms with van der Waals surface area (Å²) in [6.07, 6.45) is 0. The number of carboxylic acid groups (broad SMARTS) is 1. The molecule has 2 rings (SSSR count). The van der Waals surface area contributed by atoms with E-state index in [0.29, 0.717) is 10.0 Å². The van der Waals surface area contributed by atoms with Gasteiger partial charge >= 0.3 is 5.97 Å². The topological polar surface area (TPSA) is 101 Å². The van der Waals surface area contributed by atoms with Crippen LogP contribution < -0.4 is 17.0 Å². The standard InChI is InChI=1S/C15H13Cl2N3O2S/c16-11-6-3-9(7-12(11)17)8-1-4-10(5-2-8)23-14(18)13(20-19)15(21)22/h1-7,20H,18-19H2,(H,21,22)/b14-13+. The van der Waals surface area contributed by atoms with Gasteiger partial charge in [0.15, 0.2) is 5.70 Å². The van der Waals surface area contributed by atoms with Crippen LogP contribution >= 0.6 is 35.0 Å². The molecular weight excluding hydrogens is 357 g/mol. The van der Waals surface area contributed by atoms with Gasteiger partial charge in [-0.25, -0.2) is 4.79 Å². The van der Waals surface area contributed by atoms with Crippen LogP contribution in [0.2, 0.25) is 10.0 Å². The summed E-state index contributed by atoms with van der Waals surface area (Å²) >= 11 is 13.0. The van der Waals surface area contributed by atoms with Gasteiger partial charge < -0.3 is 16.3 Å². The molecule has 0 amide bonds. The molecule has 0 aliphatic carbocycles. The van der Waals surface area contributed by atoms with E-state index in [1.165, 1.54) is 0 Å². The predicted octanol–water partition coefficient (Wildman–Crippen LogP) is 3.43. The second kappa shape index (κ2) is 7.61. The van der Waals surface area contributed by atoms with Gasteiger partial charge in [-0.1, -0.05) is 53.2 Å². The van der Waals surface area contributed by atoms with Crippen molar-refractivity contribution in [1.82, 2.24) is 5.43 Å². The largest absolute Gasteiger partial charge is 0.476 e. The van der Waals surface area contributed by atoms with Crippen molar-refractivity contribution in [2.24, 2.45) is 11.6 Å². The van der Waals surface area contributed by atoms with Crippen molar-refractivity contribution < 1.29 is 9.90 Å². The molecule has 2 aromatic carbocycles. The molecule has 0 aromatic heterocycles. The highest BCUT2D eigenvalue weighted by atomic mass is 35.5. The Bertz CT molecular complexity index is 764. The van der Waals surface area contributed by atoms with E-state index in [1.807, 2.05) is 30.3 Å². The van der Waals surface area contributed by atoms with Crippen molar-refractivity contribution in [1.29, 1.82) is 0 Å². The van der Waals surface area contributed by atoms with Crippen LogP contribution in [-0.4, -0.2) is 11.1 Å². The smallest absolute Gasteiger partial charge is 0.356 e. The molecule has 2 aromatic rings. The fraction of sp³-hybridized carbons (Fsp3) is 0. The van der Waals surface area contributed by atoms with Gasteiger partial charge in [0.05, 0.1) is 10.0 Å². The van der Waals surface area contributed by atoms with Crippen LogP contribution in [0.15, 0.2) is 58.1 Å². The summed E-state index contributed by atoms with van der Waals surface area (Å²) in [5.41, 5.74) is 9.44. The fourth-order valence-corrected chi connectivity index (χ4v) is 2.88. The number of nitrogens with one attached hydrogen (secondary N) is 1. The summed E-state index contributed by atoms with van der Waals surface area (Å²) in [6, 6.07) is 12.8. The Morgan fingerprint density at radius 3 is 2.17 bits per heavy atom. The zero-order valence-corrected chi connectivity index (χ0v) is 14.0. The predicted molar refractivity (Wildman–Crippen MR) is 93.9 cm³/mol. The van der Waals surface area contributed by atoms with Crippen LogP contribution in [0.5, 0.6) is 0 Å². The highest BCUT2D eigenvalue weighted by molar-refractivity contribution is 8.03. The molecule has 0 aliphatic heterocycles. The molecule has 0 saturated heterocycles. The molecule has 8 heteroatoms. The fourth-order valence-electron chi connectivity index (χ4n) is 1.81. The number of rotatable bonds is 5. The first-order valence-corrected chi connectivity index (χ1v) is 7.92. The third kappa shape index (κ3) is 4.33. The first kappa shape index (κ1) is 17.5. The van der Waals surface area contributed by atoms with Gasteiger partial charge in [-0.05, 0) is 35.4 Å². The molecule has 0 heterocycles. The molecular formula is C15H13Cl2N3O2S. The molecule has 0 fully saturated rings. The first-order chi connectivity index (χ1) is 10.9. The Labute approximate surface area is 147 Å². The summed E-state index contributed by atoms with van der Waals surface area (Å²) in [6.45, 7) is 0. The third-order valence-corrected chi connectivity index (χ3v) is 4.61. The van der Waals surface area contributed by atoms with E-state index in [4.69, 9.17) is 39.9 Å². The minimum absolute atomic E-state index is 0.0716. The summed E-state index contributed by atoms with van der Waals surface area (Å²) in [7, 11) is 0. The second-order valence-electron chi connectivity index (χ2n) is 4.44. The van der Waals surface area contributed by atoms with Gasteiger partial charge in [0.1, 0.15) is 5.03 Å². The van der Waals surface area contributed by atoms with Gasteiger partial charge in [0.25, 0.3) is 0 Å². The maximum absolute atomic E-state index is 10.9. The van der Waals surface area contributed by atoms with Crippen molar-refractivity contribution in [2.45, 2.75) is 4.90 Å². The number of thioether (sulfide) groups is 1. The lowest BCUT2D eigenvalue weighted by Gasteiger charge is -2.08. The van der Waals surface area contributed by atoms with Crippen molar-refractivity contribution in [3.8, 4) is 11.1 Å². The Morgan fingerprint density at radius 1 is 1.04 bits per heavy atom. The van der Waals surface area contributed by atoms with Crippen molar-refractivity contribution in [3.63, 3.8) is 0 Å².